The Labute approximate surface area is 124 Å². The van der Waals surface area contributed by atoms with Crippen molar-refractivity contribution in [2.45, 2.75) is 6.92 Å². The summed E-state index contributed by atoms with van der Waals surface area (Å²) in [5.41, 5.74) is 2.66. The van der Waals surface area contributed by atoms with E-state index in [1.54, 1.807) is 13.1 Å². The molecule has 1 heterocycles. The van der Waals surface area contributed by atoms with Crippen molar-refractivity contribution >= 4 is 17.7 Å². The number of rotatable bonds is 6. The number of nitrogens with zero attached hydrogens (tertiary/aromatic N) is 1. The molecule has 0 fully saturated rings. The van der Waals surface area contributed by atoms with Crippen LogP contribution < -0.4 is 5.32 Å². The smallest absolute Gasteiger partial charge is 0.325 e. The first-order valence-corrected chi connectivity index (χ1v) is 6.87. The molecule has 108 valence electrons. The van der Waals surface area contributed by atoms with E-state index in [0.29, 0.717) is 6.61 Å². The summed E-state index contributed by atoms with van der Waals surface area (Å²) in [7, 11) is 0. The molecule has 4 nitrogen and oxygen atoms in total. The summed E-state index contributed by atoms with van der Waals surface area (Å²) in [6, 6.07) is 15.5. The average Bonchev–Trinajstić information content (AvgIpc) is 2.53. The number of carbonyl (C=O) groups excluding carboxylic acids is 1. The minimum atomic E-state index is -0.277. The van der Waals surface area contributed by atoms with Crippen LogP contribution in [0.1, 0.15) is 18.2 Å². The molecule has 0 saturated heterocycles. The van der Waals surface area contributed by atoms with E-state index < -0.39 is 0 Å². The van der Waals surface area contributed by atoms with Gasteiger partial charge in [-0.3, -0.25) is 9.78 Å². The molecule has 0 bridgehead atoms. The van der Waals surface area contributed by atoms with Crippen LogP contribution in [-0.4, -0.2) is 24.1 Å². The van der Waals surface area contributed by atoms with E-state index >= 15 is 0 Å². The summed E-state index contributed by atoms with van der Waals surface area (Å²) < 4.78 is 4.93. The fourth-order valence-corrected chi connectivity index (χ4v) is 1.84. The van der Waals surface area contributed by atoms with Crippen molar-refractivity contribution in [3.8, 4) is 0 Å². The highest BCUT2D eigenvalue weighted by molar-refractivity contribution is 5.82. The Kier molecular flexibility index (Phi) is 5.52. The Morgan fingerprint density at radius 2 is 1.95 bits per heavy atom. The number of esters is 1. The lowest BCUT2D eigenvalue weighted by atomic mass is 10.1. The first-order valence-electron chi connectivity index (χ1n) is 6.87. The third-order valence-corrected chi connectivity index (χ3v) is 2.79. The van der Waals surface area contributed by atoms with Gasteiger partial charge in [0.05, 0.1) is 12.3 Å². The Bertz CT molecular complexity index is 595. The number of hydrogen-bond donors (Lipinski definition) is 1. The molecule has 1 N–H and O–H groups in total. The van der Waals surface area contributed by atoms with Gasteiger partial charge >= 0.3 is 5.97 Å². The molecular weight excluding hydrogens is 264 g/mol. The summed E-state index contributed by atoms with van der Waals surface area (Å²) in [6.07, 6.45) is 3.65. The second-order valence-electron chi connectivity index (χ2n) is 4.34. The molecule has 0 radical (unpaired) electrons. The maximum absolute atomic E-state index is 11.5. The van der Waals surface area contributed by atoms with Crippen molar-refractivity contribution in [3.05, 3.63) is 66.0 Å². The molecule has 0 aliphatic rings. The topological polar surface area (TPSA) is 51.2 Å². The van der Waals surface area contributed by atoms with Crippen LogP contribution >= 0.6 is 0 Å². The van der Waals surface area contributed by atoms with Crippen LogP contribution in [-0.2, 0) is 9.53 Å². The van der Waals surface area contributed by atoms with E-state index in [9.17, 15) is 4.79 Å². The number of nitrogens with one attached hydrogen (secondary N) is 1. The summed E-state index contributed by atoms with van der Waals surface area (Å²) >= 11 is 0. The molecule has 21 heavy (non-hydrogen) atoms. The number of pyridine rings is 1. The third-order valence-electron chi connectivity index (χ3n) is 2.79. The van der Waals surface area contributed by atoms with Gasteiger partial charge in [0, 0.05) is 11.9 Å². The zero-order valence-corrected chi connectivity index (χ0v) is 12.0. The molecule has 1 aromatic carbocycles. The number of aromatic nitrogens is 1. The number of benzene rings is 1. The van der Waals surface area contributed by atoms with Gasteiger partial charge in [0.25, 0.3) is 0 Å². The average molecular weight is 282 g/mol. The first-order chi connectivity index (χ1) is 10.3. The van der Waals surface area contributed by atoms with Crippen LogP contribution in [0.25, 0.3) is 11.8 Å². The molecule has 0 aliphatic heterocycles. The molecule has 1 aromatic heterocycles. The molecular formula is C17H18N2O2. The Hall–Kier alpha value is -2.62. The molecule has 2 aromatic rings. The fraction of sp³-hybridized carbons (Fsp3) is 0.176. The van der Waals surface area contributed by atoms with Crippen LogP contribution in [0.3, 0.4) is 0 Å². The first kappa shape index (κ1) is 14.8. The highest BCUT2D eigenvalue weighted by Gasteiger charge is 2.05. The second kappa shape index (κ2) is 7.85. The largest absolute Gasteiger partial charge is 0.465 e. The molecule has 0 unspecified atom stereocenters. The molecule has 0 spiro atoms. The Morgan fingerprint density at radius 1 is 1.19 bits per heavy atom. The summed E-state index contributed by atoms with van der Waals surface area (Å²) in [6.45, 7) is 2.30. The summed E-state index contributed by atoms with van der Waals surface area (Å²) in [5, 5.41) is 3.12. The molecule has 0 aliphatic carbocycles. The Morgan fingerprint density at radius 3 is 2.62 bits per heavy atom. The summed E-state index contributed by atoms with van der Waals surface area (Å²) in [4.78, 5) is 15.8. The van der Waals surface area contributed by atoms with Crippen molar-refractivity contribution in [2.75, 3.05) is 13.2 Å². The highest BCUT2D eigenvalue weighted by Crippen LogP contribution is 2.14. The zero-order valence-electron chi connectivity index (χ0n) is 12.0. The van der Waals surface area contributed by atoms with Gasteiger partial charge in [-0.05, 0) is 30.7 Å². The van der Waals surface area contributed by atoms with Crippen LogP contribution in [0.4, 0.5) is 0 Å². The maximum atomic E-state index is 11.5. The standard InChI is InChI=1S/C17H18N2O2/c1-2-21-17(20)13-19-16(14-8-4-3-5-9-14)12-15-10-6-7-11-18-15/h3-12,19H,2,13H2,1H3. The minimum Gasteiger partial charge on any atom is -0.465 e. The van der Waals surface area contributed by atoms with E-state index in [1.807, 2.05) is 54.6 Å². The lowest BCUT2D eigenvalue weighted by Gasteiger charge is -2.11. The quantitative estimate of drug-likeness (QED) is 0.828. The van der Waals surface area contributed by atoms with Gasteiger partial charge < -0.3 is 10.1 Å². The van der Waals surface area contributed by atoms with Gasteiger partial charge in [-0.2, -0.15) is 0 Å². The van der Waals surface area contributed by atoms with Crippen molar-refractivity contribution in [1.29, 1.82) is 0 Å². The van der Waals surface area contributed by atoms with Crippen LogP contribution in [0.5, 0.6) is 0 Å². The van der Waals surface area contributed by atoms with Gasteiger partial charge in [0.15, 0.2) is 0 Å². The summed E-state index contributed by atoms with van der Waals surface area (Å²) in [5.74, 6) is -0.277. The van der Waals surface area contributed by atoms with E-state index in [2.05, 4.69) is 10.3 Å². The van der Waals surface area contributed by atoms with Gasteiger partial charge in [0.2, 0.25) is 0 Å². The van der Waals surface area contributed by atoms with Gasteiger partial charge in [0.1, 0.15) is 6.54 Å². The molecule has 0 atom stereocenters. The molecule has 4 heteroatoms. The third kappa shape index (κ3) is 4.76. The Balaban J connectivity index is 2.19. The van der Waals surface area contributed by atoms with Crippen molar-refractivity contribution in [3.63, 3.8) is 0 Å². The van der Waals surface area contributed by atoms with E-state index in [1.165, 1.54) is 0 Å². The zero-order chi connectivity index (χ0) is 14.9. The van der Waals surface area contributed by atoms with Crippen LogP contribution in [0.2, 0.25) is 0 Å². The van der Waals surface area contributed by atoms with Gasteiger partial charge in [-0.1, -0.05) is 36.4 Å². The van der Waals surface area contributed by atoms with Crippen molar-refractivity contribution < 1.29 is 9.53 Å². The monoisotopic (exact) mass is 282 g/mol. The fourth-order valence-electron chi connectivity index (χ4n) is 1.84. The number of hydrogen-bond acceptors (Lipinski definition) is 4. The van der Waals surface area contributed by atoms with Crippen LogP contribution in [0, 0.1) is 0 Å². The highest BCUT2D eigenvalue weighted by atomic mass is 16.5. The van der Waals surface area contributed by atoms with Gasteiger partial charge in [-0.25, -0.2) is 0 Å². The SMILES string of the molecule is CCOC(=O)CNC(=Cc1ccccn1)c1ccccc1. The van der Waals surface area contributed by atoms with E-state index in [4.69, 9.17) is 4.74 Å². The van der Waals surface area contributed by atoms with Crippen molar-refractivity contribution in [2.24, 2.45) is 0 Å². The van der Waals surface area contributed by atoms with E-state index in [0.717, 1.165) is 17.0 Å². The lowest BCUT2D eigenvalue weighted by Crippen LogP contribution is -2.23. The van der Waals surface area contributed by atoms with Crippen molar-refractivity contribution in [1.82, 2.24) is 10.3 Å². The number of ether oxygens (including phenoxy) is 1. The predicted molar refractivity (Wildman–Crippen MR) is 83.2 cm³/mol. The van der Waals surface area contributed by atoms with Crippen LogP contribution in [0.15, 0.2) is 54.7 Å². The lowest BCUT2D eigenvalue weighted by molar-refractivity contribution is -0.141. The second-order valence-corrected chi connectivity index (χ2v) is 4.34. The number of carbonyl (C=O) groups is 1. The molecule has 0 amide bonds. The molecule has 2 rings (SSSR count). The van der Waals surface area contributed by atoms with E-state index in [-0.39, 0.29) is 12.5 Å². The van der Waals surface area contributed by atoms with Gasteiger partial charge in [-0.15, -0.1) is 0 Å². The normalized spacial score (nSPS) is 11.0. The molecule has 0 saturated carbocycles. The predicted octanol–water partition coefficient (Wildman–Crippen LogP) is 2.73. The minimum absolute atomic E-state index is 0.126. The maximum Gasteiger partial charge on any atom is 0.325 e.